The van der Waals surface area contributed by atoms with Crippen molar-refractivity contribution in [2.45, 2.75) is 13.3 Å². The summed E-state index contributed by atoms with van der Waals surface area (Å²) in [5.41, 5.74) is 6.39. The minimum Gasteiger partial charge on any atom is -0.493 e. The van der Waals surface area contributed by atoms with Gasteiger partial charge in [0.25, 0.3) is 0 Å². The lowest BCUT2D eigenvalue weighted by Gasteiger charge is -2.19. The largest absolute Gasteiger partial charge is 0.493 e. The Balaban J connectivity index is 2.58. The van der Waals surface area contributed by atoms with Crippen molar-refractivity contribution in [3.8, 4) is 11.5 Å². The van der Waals surface area contributed by atoms with Gasteiger partial charge in [0, 0.05) is 19.6 Å². The van der Waals surface area contributed by atoms with E-state index in [0.29, 0.717) is 24.5 Å². The van der Waals surface area contributed by atoms with Gasteiger partial charge in [-0.15, -0.1) is 0 Å². The maximum absolute atomic E-state index is 12.1. The summed E-state index contributed by atoms with van der Waals surface area (Å²) in [7, 11) is 3.13. The average Bonchev–Trinajstić information content (AvgIpc) is 2.59. The Bertz CT molecular complexity index is 551. The minimum atomic E-state index is -0.702. The van der Waals surface area contributed by atoms with Gasteiger partial charge >= 0.3 is 12.1 Å². The summed E-state index contributed by atoms with van der Waals surface area (Å²) in [6, 6.07) is 5.00. The zero-order valence-electron chi connectivity index (χ0n) is 14.3. The predicted molar refractivity (Wildman–Crippen MR) is 89.4 cm³/mol. The Hall–Kier alpha value is -2.48. The Kier molecular flexibility index (Phi) is 8.42. The van der Waals surface area contributed by atoms with Gasteiger partial charge in [-0.05, 0) is 31.0 Å². The summed E-state index contributed by atoms with van der Waals surface area (Å²) < 4.78 is 15.3. The van der Waals surface area contributed by atoms with Crippen molar-refractivity contribution < 1.29 is 23.8 Å². The van der Waals surface area contributed by atoms with Crippen LogP contribution in [-0.2, 0) is 11.2 Å². The summed E-state index contributed by atoms with van der Waals surface area (Å²) in [5.74, 6) is 1.26. The molecule has 0 saturated carbocycles. The molecule has 134 valence electrons. The molecule has 0 heterocycles. The Labute approximate surface area is 141 Å². The van der Waals surface area contributed by atoms with E-state index < -0.39 is 12.1 Å². The highest BCUT2D eigenvalue weighted by Crippen LogP contribution is 2.27. The van der Waals surface area contributed by atoms with Crippen molar-refractivity contribution in [2.75, 3.05) is 40.5 Å². The predicted octanol–water partition coefficient (Wildman–Crippen LogP) is 1.37. The van der Waals surface area contributed by atoms with Gasteiger partial charge < -0.3 is 25.3 Å². The second-order valence-electron chi connectivity index (χ2n) is 4.81. The lowest BCUT2D eigenvalue weighted by atomic mass is 10.1. The molecule has 3 N–H and O–H groups in total. The van der Waals surface area contributed by atoms with Crippen LogP contribution in [0.15, 0.2) is 18.2 Å². The highest BCUT2D eigenvalue weighted by atomic mass is 16.6. The van der Waals surface area contributed by atoms with Crippen LogP contribution in [0.5, 0.6) is 11.5 Å². The number of rotatable bonds is 8. The smallest absolute Gasteiger partial charge is 0.418 e. The normalized spacial score (nSPS) is 10.0. The van der Waals surface area contributed by atoms with E-state index in [1.165, 1.54) is 0 Å². The number of carbonyl (C=O) groups is 2. The van der Waals surface area contributed by atoms with Gasteiger partial charge in [-0.3, -0.25) is 0 Å². The van der Waals surface area contributed by atoms with Crippen molar-refractivity contribution in [1.82, 2.24) is 10.2 Å². The lowest BCUT2D eigenvalue weighted by molar-refractivity contribution is 0.115. The van der Waals surface area contributed by atoms with Crippen molar-refractivity contribution >= 4 is 12.1 Å². The number of benzene rings is 1. The minimum absolute atomic E-state index is 0.0982. The summed E-state index contributed by atoms with van der Waals surface area (Å²) in [6.45, 7) is 2.49. The van der Waals surface area contributed by atoms with Gasteiger partial charge in [-0.1, -0.05) is 6.07 Å². The number of ether oxygens (including phenoxy) is 3. The van der Waals surface area contributed by atoms with Crippen LogP contribution >= 0.6 is 0 Å². The zero-order chi connectivity index (χ0) is 17.9. The molecule has 1 aromatic carbocycles. The number of carbonyl (C=O) groups excluding carboxylic acids is 2. The van der Waals surface area contributed by atoms with Crippen LogP contribution in [0, 0.1) is 0 Å². The van der Waals surface area contributed by atoms with Crippen LogP contribution in [0.2, 0.25) is 0 Å². The quantitative estimate of drug-likeness (QED) is 0.741. The number of urea groups is 1. The first-order valence-corrected chi connectivity index (χ1v) is 7.70. The van der Waals surface area contributed by atoms with Crippen LogP contribution in [0.3, 0.4) is 0 Å². The van der Waals surface area contributed by atoms with E-state index in [4.69, 9.17) is 19.9 Å². The molecule has 0 aliphatic heterocycles. The zero-order valence-corrected chi connectivity index (χ0v) is 14.3. The number of nitrogens with zero attached hydrogens (tertiary/aromatic N) is 1. The van der Waals surface area contributed by atoms with Gasteiger partial charge in [0.2, 0.25) is 0 Å². The lowest BCUT2D eigenvalue weighted by Crippen LogP contribution is -2.46. The monoisotopic (exact) mass is 339 g/mol. The molecule has 1 aromatic rings. The molecular formula is C16H25N3O5. The van der Waals surface area contributed by atoms with Crippen molar-refractivity contribution in [2.24, 2.45) is 5.73 Å². The van der Waals surface area contributed by atoms with Crippen molar-refractivity contribution in [1.29, 1.82) is 0 Å². The van der Waals surface area contributed by atoms with Crippen molar-refractivity contribution in [3.63, 3.8) is 0 Å². The van der Waals surface area contributed by atoms with Gasteiger partial charge in [-0.2, -0.15) is 0 Å². The Morgan fingerprint density at radius 3 is 2.50 bits per heavy atom. The molecule has 0 aromatic heterocycles. The molecule has 3 amide bonds. The molecule has 0 spiro atoms. The third-order valence-electron chi connectivity index (χ3n) is 3.22. The van der Waals surface area contributed by atoms with E-state index in [-0.39, 0.29) is 19.7 Å². The molecule has 0 radical (unpaired) electrons. The molecule has 0 atom stereocenters. The second kappa shape index (κ2) is 10.3. The fraction of sp³-hybridized carbons (Fsp3) is 0.500. The molecule has 24 heavy (non-hydrogen) atoms. The Morgan fingerprint density at radius 1 is 1.21 bits per heavy atom. The fourth-order valence-corrected chi connectivity index (χ4v) is 2.05. The molecule has 0 aliphatic carbocycles. The molecular weight excluding hydrogens is 314 g/mol. The third-order valence-corrected chi connectivity index (χ3v) is 3.22. The first kappa shape index (κ1) is 19.6. The molecule has 0 saturated heterocycles. The first-order chi connectivity index (χ1) is 11.6. The number of hydrogen-bond donors (Lipinski definition) is 2. The first-order valence-electron chi connectivity index (χ1n) is 7.70. The standard InChI is InChI=1S/C16H25N3O5/c1-4-24-16(21)19(10-8-17)15(20)18-9-7-12-5-6-13(22-2)14(11-12)23-3/h5-6,11H,4,7-10,17H2,1-3H3,(H,18,20). The number of nitrogens with two attached hydrogens (primary N) is 1. The molecule has 8 heteroatoms. The molecule has 8 nitrogen and oxygen atoms in total. The molecule has 0 unspecified atom stereocenters. The Morgan fingerprint density at radius 2 is 1.92 bits per heavy atom. The van der Waals surface area contributed by atoms with E-state index >= 15 is 0 Å². The summed E-state index contributed by atoms with van der Waals surface area (Å²) in [5, 5.41) is 2.68. The van der Waals surface area contributed by atoms with Crippen molar-refractivity contribution in [3.05, 3.63) is 23.8 Å². The van der Waals surface area contributed by atoms with Gasteiger partial charge in [0.1, 0.15) is 0 Å². The van der Waals surface area contributed by atoms with Crippen LogP contribution in [0.4, 0.5) is 9.59 Å². The summed E-state index contributed by atoms with van der Waals surface area (Å²) in [4.78, 5) is 24.8. The summed E-state index contributed by atoms with van der Waals surface area (Å²) in [6.07, 6.45) is -0.127. The van der Waals surface area contributed by atoms with Crippen LogP contribution < -0.4 is 20.5 Å². The molecule has 1 rings (SSSR count). The SMILES string of the molecule is CCOC(=O)N(CCN)C(=O)NCCc1ccc(OC)c(OC)c1. The third kappa shape index (κ3) is 5.62. The molecule has 0 fully saturated rings. The van der Waals surface area contributed by atoms with E-state index in [1.807, 2.05) is 12.1 Å². The average molecular weight is 339 g/mol. The maximum Gasteiger partial charge on any atom is 0.418 e. The van der Waals surface area contributed by atoms with Crippen LogP contribution in [0.25, 0.3) is 0 Å². The highest BCUT2D eigenvalue weighted by Gasteiger charge is 2.21. The molecule has 0 aliphatic rings. The number of hydrogen-bond acceptors (Lipinski definition) is 6. The topological polar surface area (TPSA) is 103 Å². The number of nitrogens with one attached hydrogen (secondary N) is 1. The van der Waals surface area contributed by atoms with E-state index in [2.05, 4.69) is 5.32 Å². The molecule has 0 bridgehead atoms. The fourth-order valence-electron chi connectivity index (χ4n) is 2.05. The number of amides is 3. The summed E-state index contributed by atoms with van der Waals surface area (Å²) >= 11 is 0. The number of imide groups is 1. The van der Waals surface area contributed by atoms with Gasteiger partial charge in [-0.25, -0.2) is 14.5 Å². The number of methoxy groups -OCH3 is 2. The van der Waals surface area contributed by atoms with Gasteiger partial charge in [0.15, 0.2) is 11.5 Å². The maximum atomic E-state index is 12.1. The second-order valence-corrected chi connectivity index (χ2v) is 4.81. The van der Waals surface area contributed by atoms with E-state index in [9.17, 15) is 9.59 Å². The van der Waals surface area contributed by atoms with Crippen LogP contribution in [-0.4, -0.2) is 57.5 Å². The highest BCUT2D eigenvalue weighted by molar-refractivity contribution is 5.90. The van der Waals surface area contributed by atoms with Crippen LogP contribution in [0.1, 0.15) is 12.5 Å². The van der Waals surface area contributed by atoms with E-state index in [1.54, 1.807) is 27.2 Å². The van der Waals surface area contributed by atoms with E-state index in [0.717, 1.165) is 10.5 Å². The van der Waals surface area contributed by atoms with Gasteiger partial charge in [0.05, 0.1) is 20.8 Å².